The molecule has 0 saturated carbocycles. The van der Waals surface area contributed by atoms with Crippen LogP contribution in [0.3, 0.4) is 0 Å². The van der Waals surface area contributed by atoms with Gasteiger partial charge in [-0.05, 0) is 19.1 Å². The maximum Gasteiger partial charge on any atom is 0.308 e. The monoisotopic (exact) mass is 282 g/mol. The van der Waals surface area contributed by atoms with Crippen LogP contribution in [0.4, 0.5) is 0 Å². The van der Waals surface area contributed by atoms with E-state index in [0.29, 0.717) is 6.54 Å². The summed E-state index contributed by atoms with van der Waals surface area (Å²) in [5, 5.41) is 11.3. The Labute approximate surface area is 116 Å². The standard InChI is InChI=1S/C13H18N2O5/c1-3-15(8-9(2)13(18)19)11(16)7-14-12(17)10-5-4-6-20-10/h4-6,9H,3,7-8H2,1-2H3,(H,14,17)(H,18,19). The maximum atomic E-state index is 11.9. The number of nitrogens with one attached hydrogen (secondary N) is 1. The van der Waals surface area contributed by atoms with Crippen molar-refractivity contribution >= 4 is 17.8 Å². The van der Waals surface area contributed by atoms with E-state index in [1.807, 2.05) is 0 Å². The number of carbonyl (C=O) groups excluding carboxylic acids is 2. The topological polar surface area (TPSA) is 99.9 Å². The molecule has 110 valence electrons. The summed E-state index contributed by atoms with van der Waals surface area (Å²) in [5.41, 5.74) is 0. The molecule has 0 aliphatic rings. The van der Waals surface area contributed by atoms with E-state index in [1.54, 1.807) is 13.0 Å². The SMILES string of the molecule is CCN(CC(C)C(=O)O)C(=O)CNC(=O)c1ccco1. The molecule has 1 heterocycles. The van der Waals surface area contributed by atoms with Gasteiger partial charge in [-0.1, -0.05) is 6.92 Å². The highest BCUT2D eigenvalue weighted by molar-refractivity contribution is 5.94. The van der Waals surface area contributed by atoms with Crippen molar-refractivity contribution in [3.63, 3.8) is 0 Å². The summed E-state index contributed by atoms with van der Waals surface area (Å²) in [6, 6.07) is 3.06. The second kappa shape index (κ2) is 7.32. The number of aliphatic carboxylic acids is 1. The number of carbonyl (C=O) groups is 3. The van der Waals surface area contributed by atoms with Gasteiger partial charge in [0.2, 0.25) is 5.91 Å². The number of furan rings is 1. The minimum Gasteiger partial charge on any atom is -0.481 e. The number of rotatable bonds is 7. The fourth-order valence-electron chi connectivity index (χ4n) is 1.58. The Morgan fingerprint density at radius 1 is 1.45 bits per heavy atom. The van der Waals surface area contributed by atoms with Gasteiger partial charge in [0, 0.05) is 13.1 Å². The molecule has 1 unspecified atom stereocenters. The fourth-order valence-corrected chi connectivity index (χ4v) is 1.58. The molecule has 0 fully saturated rings. The van der Waals surface area contributed by atoms with Crippen molar-refractivity contribution in [2.45, 2.75) is 13.8 Å². The molecule has 2 amide bonds. The molecule has 0 aliphatic carbocycles. The first-order valence-electron chi connectivity index (χ1n) is 6.28. The Balaban J connectivity index is 2.47. The molecule has 7 heteroatoms. The molecule has 2 N–H and O–H groups in total. The molecule has 7 nitrogen and oxygen atoms in total. The number of carboxylic acid groups (broad SMARTS) is 1. The molecule has 0 spiro atoms. The van der Waals surface area contributed by atoms with E-state index in [0.717, 1.165) is 0 Å². The van der Waals surface area contributed by atoms with Crippen LogP contribution in [0.2, 0.25) is 0 Å². The number of carboxylic acids is 1. The molecule has 1 aromatic heterocycles. The lowest BCUT2D eigenvalue weighted by Crippen LogP contribution is -2.42. The van der Waals surface area contributed by atoms with E-state index in [1.165, 1.54) is 24.2 Å². The van der Waals surface area contributed by atoms with Gasteiger partial charge in [-0.3, -0.25) is 14.4 Å². The summed E-state index contributed by atoms with van der Waals surface area (Å²) in [5.74, 6) is -2.30. The predicted molar refractivity (Wildman–Crippen MR) is 70.1 cm³/mol. The zero-order valence-corrected chi connectivity index (χ0v) is 11.5. The fraction of sp³-hybridized carbons (Fsp3) is 0.462. The number of hydrogen-bond acceptors (Lipinski definition) is 4. The van der Waals surface area contributed by atoms with Crippen LogP contribution < -0.4 is 5.32 Å². The van der Waals surface area contributed by atoms with Gasteiger partial charge in [0.15, 0.2) is 5.76 Å². The van der Waals surface area contributed by atoms with Crippen LogP contribution in [0.1, 0.15) is 24.4 Å². The average molecular weight is 282 g/mol. The Hall–Kier alpha value is -2.31. The Bertz CT molecular complexity index is 469. The van der Waals surface area contributed by atoms with Gasteiger partial charge in [-0.15, -0.1) is 0 Å². The third-order valence-electron chi connectivity index (χ3n) is 2.80. The van der Waals surface area contributed by atoms with Gasteiger partial charge in [0.05, 0.1) is 18.7 Å². The molecular weight excluding hydrogens is 264 g/mol. The summed E-state index contributed by atoms with van der Waals surface area (Å²) in [6.45, 7) is 3.58. The lowest BCUT2D eigenvalue weighted by molar-refractivity contribution is -0.142. The molecule has 0 aliphatic heterocycles. The molecular formula is C13H18N2O5. The quantitative estimate of drug-likeness (QED) is 0.762. The molecule has 0 aromatic carbocycles. The highest BCUT2D eigenvalue weighted by atomic mass is 16.4. The number of amides is 2. The van der Waals surface area contributed by atoms with E-state index < -0.39 is 17.8 Å². The van der Waals surface area contributed by atoms with E-state index >= 15 is 0 Å². The molecule has 0 radical (unpaired) electrons. The second-order valence-corrected chi connectivity index (χ2v) is 4.33. The van der Waals surface area contributed by atoms with Crippen LogP contribution in [0, 0.1) is 5.92 Å². The normalized spacial score (nSPS) is 11.7. The highest BCUT2D eigenvalue weighted by Crippen LogP contribution is 2.02. The first-order chi connectivity index (χ1) is 9.45. The molecule has 0 saturated heterocycles. The van der Waals surface area contributed by atoms with Gasteiger partial charge in [-0.2, -0.15) is 0 Å². The van der Waals surface area contributed by atoms with E-state index in [4.69, 9.17) is 9.52 Å². The van der Waals surface area contributed by atoms with Crippen LogP contribution in [0.25, 0.3) is 0 Å². The van der Waals surface area contributed by atoms with Crippen molar-refractivity contribution in [2.75, 3.05) is 19.6 Å². The number of likely N-dealkylation sites (N-methyl/N-ethyl adjacent to an activating group) is 1. The van der Waals surface area contributed by atoms with Gasteiger partial charge in [0.1, 0.15) is 0 Å². The van der Waals surface area contributed by atoms with Gasteiger partial charge in [-0.25, -0.2) is 0 Å². The van der Waals surface area contributed by atoms with Crippen molar-refractivity contribution in [1.29, 1.82) is 0 Å². The minimum absolute atomic E-state index is 0.112. The molecule has 20 heavy (non-hydrogen) atoms. The zero-order valence-electron chi connectivity index (χ0n) is 11.5. The molecule has 1 rings (SSSR count). The average Bonchev–Trinajstić information content (AvgIpc) is 2.95. The third-order valence-corrected chi connectivity index (χ3v) is 2.80. The first-order valence-corrected chi connectivity index (χ1v) is 6.28. The van der Waals surface area contributed by atoms with Crippen molar-refractivity contribution in [3.05, 3.63) is 24.2 Å². The van der Waals surface area contributed by atoms with E-state index in [9.17, 15) is 14.4 Å². The smallest absolute Gasteiger partial charge is 0.308 e. The highest BCUT2D eigenvalue weighted by Gasteiger charge is 2.20. The maximum absolute atomic E-state index is 11.9. The first kappa shape index (κ1) is 15.7. The largest absolute Gasteiger partial charge is 0.481 e. The lowest BCUT2D eigenvalue weighted by Gasteiger charge is -2.22. The lowest BCUT2D eigenvalue weighted by atomic mass is 10.1. The summed E-state index contributed by atoms with van der Waals surface area (Å²) in [7, 11) is 0. The van der Waals surface area contributed by atoms with Gasteiger partial charge < -0.3 is 19.7 Å². The zero-order chi connectivity index (χ0) is 15.1. The van der Waals surface area contributed by atoms with E-state index in [2.05, 4.69) is 5.32 Å². The van der Waals surface area contributed by atoms with Crippen molar-refractivity contribution in [1.82, 2.24) is 10.2 Å². The number of hydrogen-bond donors (Lipinski definition) is 2. The van der Waals surface area contributed by atoms with Gasteiger partial charge >= 0.3 is 5.97 Å². The third kappa shape index (κ3) is 4.42. The molecule has 1 aromatic rings. The van der Waals surface area contributed by atoms with Gasteiger partial charge in [0.25, 0.3) is 5.91 Å². The second-order valence-electron chi connectivity index (χ2n) is 4.33. The van der Waals surface area contributed by atoms with Crippen molar-refractivity contribution < 1.29 is 23.9 Å². The minimum atomic E-state index is -0.962. The van der Waals surface area contributed by atoms with Crippen LogP contribution in [-0.2, 0) is 9.59 Å². The predicted octanol–water partition coefficient (Wildman–Crippen LogP) is 0.579. The summed E-state index contributed by atoms with van der Waals surface area (Å²) in [6.07, 6.45) is 1.36. The molecule has 1 atom stereocenters. The Morgan fingerprint density at radius 3 is 2.65 bits per heavy atom. The van der Waals surface area contributed by atoms with Crippen molar-refractivity contribution in [2.24, 2.45) is 5.92 Å². The van der Waals surface area contributed by atoms with E-state index in [-0.39, 0.29) is 24.8 Å². The summed E-state index contributed by atoms with van der Waals surface area (Å²) in [4.78, 5) is 35.6. The van der Waals surface area contributed by atoms with Crippen molar-refractivity contribution in [3.8, 4) is 0 Å². The van der Waals surface area contributed by atoms with Crippen LogP contribution in [0.15, 0.2) is 22.8 Å². The molecule has 0 bridgehead atoms. The van der Waals surface area contributed by atoms with Crippen LogP contribution >= 0.6 is 0 Å². The Morgan fingerprint density at radius 2 is 2.15 bits per heavy atom. The summed E-state index contributed by atoms with van der Waals surface area (Å²) < 4.78 is 4.90. The Kier molecular flexibility index (Phi) is 5.76. The van der Waals surface area contributed by atoms with Crippen LogP contribution in [-0.4, -0.2) is 47.4 Å². The summed E-state index contributed by atoms with van der Waals surface area (Å²) >= 11 is 0. The number of nitrogens with zero attached hydrogens (tertiary/aromatic N) is 1. The van der Waals surface area contributed by atoms with Crippen LogP contribution in [0.5, 0.6) is 0 Å².